The first-order chi connectivity index (χ1) is 9.26. The molecular formula is C15H16N2OS. The fourth-order valence-corrected chi connectivity index (χ4v) is 3.35. The van der Waals surface area contributed by atoms with Crippen LogP contribution in [0.2, 0.25) is 0 Å². The van der Waals surface area contributed by atoms with E-state index in [1.807, 2.05) is 24.3 Å². The van der Waals surface area contributed by atoms with E-state index >= 15 is 0 Å². The third-order valence-electron chi connectivity index (χ3n) is 3.44. The summed E-state index contributed by atoms with van der Waals surface area (Å²) in [4.78, 5) is 17.9. The summed E-state index contributed by atoms with van der Waals surface area (Å²) in [5, 5.41) is 3.62. The van der Waals surface area contributed by atoms with E-state index in [1.54, 1.807) is 11.3 Å². The monoisotopic (exact) mass is 272 g/mol. The average molecular weight is 272 g/mol. The minimum atomic E-state index is -0.0740. The number of aromatic nitrogens is 1. The lowest BCUT2D eigenvalue weighted by Crippen LogP contribution is -2.11. The number of benzene rings is 1. The molecule has 3 nitrogen and oxygen atoms in total. The Kier molecular flexibility index (Phi) is 3.34. The molecule has 0 bridgehead atoms. The fourth-order valence-electron chi connectivity index (χ4n) is 2.30. The summed E-state index contributed by atoms with van der Waals surface area (Å²) in [6.45, 7) is 2.10. The Morgan fingerprint density at radius 2 is 2.11 bits per heavy atom. The zero-order chi connectivity index (χ0) is 13.2. The molecule has 1 aliphatic rings. The standard InChI is InChI=1S/C15H16N2OS/c1-2-10-6-8-11(9-7-10)14(18)17-15-16-12-4-3-5-13(12)19-15/h6-9H,2-5H2,1H3,(H,16,17,18). The number of thiazole rings is 1. The van der Waals surface area contributed by atoms with E-state index in [4.69, 9.17) is 0 Å². The van der Waals surface area contributed by atoms with Crippen LogP contribution in [0.15, 0.2) is 24.3 Å². The van der Waals surface area contributed by atoms with Crippen molar-refractivity contribution < 1.29 is 4.79 Å². The number of hydrogen-bond donors (Lipinski definition) is 1. The first-order valence-electron chi connectivity index (χ1n) is 6.65. The smallest absolute Gasteiger partial charge is 0.257 e. The van der Waals surface area contributed by atoms with Crippen LogP contribution in [0.4, 0.5) is 5.13 Å². The van der Waals surface area contributed by atoms with Gasteiger partial charge in [-0.1, -0.05) is 19.1 Å². The van der Waals surface area contributed by atoms with E-state index in [0.717, 1.165) is 24.4 Å². The number of amides is 1. The maximum atomic E-state index is 12.1. The van der Waals surface area contributed by atoms with Gasteiger partial charge in [0.1, 0.15) is 0 Å². The molecule has 1 N–H and O–H groups in total. The Balaban J connectivity index is 1.72. The molecule has 0 atom stereocenters. The first-order valence-corrected chi connectivity index (χ1v) is 7.47. The van der Waals surface area contributed by atoms with Crippen molar-refractivity contribution in [3.8, 4) is 0 Å². The van der Waals surface area contributed by atoms with Gasteiger partial charge in [0.25, 0.3) is 5.91 Å². The number of nitrogens with one attached hydrogen (secondary N) is 1. The van der Waals surface area contributed by atoms with Gasteiger partial charge in [-0.05, 0) is 43.4 Å². The van der Waals surface area contributed by atoms with Crippen molar-refractivity contribution in [3.63, 3.8) is 0 Å². The highest BCUT2D eigenvalue weighted by atomic mass is 32.1. The van der Waals surface area contributed by atoms with Gasteiger partial charge in [-0.25, -0.2) is 4.98 Å². The maximum absolute atomic E-state index is 12.1. The van der Waals surface area contributed by atoms with Crippen LogP contribution in [0.3, 0.4) is 0 Å². The molecule has 1 aromatic carbocycles. The summed E-state index contributed by atoms with van der Waals surface area (Å²) >= 11 is 1.61. The highest BCUT2D eigenvalue weighted by Crippen LogP contribution is 2.30. The van der Waals surface area contributed by atoms with Crippen molar-refractivity contribution in [2.45, 2.75) is 32.6 Å². The molecule has 3 rings (SSSR count). The van der Waals surface area contributed by atoms with Gasteiger partial charge in [0.15, 0.2) is 5.13 Å². The van der Waals surface area contributed by atoms with Gasteiger partial charge in [0.05, 0.1) is 5.69 Å². The third kappa shape index (κ3) is 2.54. The zero-order valence-electron chi connectivity index (χ0n) is 10.9. The molecule has 4 heteroatoms. The Bertz CT molecular complexity index is 580. The number of carbonyl (C=O) groups excluding carboxylic acids is 1. The molecule has 0 unspecified atom stereocenters. The normalized spacial score (nSPS) is 13.3. The van der Waals surface area contributed by atoms with E-state index < -0.39 is 0 Å². The van der Waals surface area contributed by atoms with E-state index in [-0.39, 0.29) is 5.91 Å². The van der Waals surface area contributed by atoms with Crippen LogP contribution >= 0.6 is 11.3 Å². The van der Waals surface area contributed by atoms with Crippen molar-refractivity contribution in [1.82, 2.24) is 4.98 Å². The molecule has 1 aliphatic carbocycles. The average Bonchev–Trinajstić information content (AvgIpc) is 2.99. The van der Waals surface area contributed by atoms with Gasteiger partial charge >= 0.3 is 0 Å². The van der Waals surface area contributed by atoms with Crippen molar-refractivity contribution in [3.05, 3.63) is 46.0 Å². The minimum Gasteiger partial charge on any atom is -0.298 e. The number of anilines is 1. The second-order valence-electron chi connectivity index (χ2n) is 4.75. The minimum absolute atomic E-state index is 0.0740. The summed E-state index contributed by atoms with van der Waals surface area (Å²) in [5.74, 6) is -0.0740. The molecule has 19 heavy (non-hydrogen) atoms. The summed E-state index contributed by atoms with van der Waals surface area (Å²) in [6, 6.07) is 7.73. The van der Waals surface area contributed by atoms with Crippen molar-refractivity contribution >= 4 is 22.4 Å². The van der Waals surface area contributed by atoms with E-state index in [9.17, 15) is 4.79 Å². The Morgan fingerprint density at radius 1 is 1.32 bits per heavy atom. The van der Waals surface area contributed by atoms with Crippen molar-refractivity contribution in [2.75, 3.05) is 5.32 Å². The molecular weight excluding hydrogens is 256 g/mol. The van der Waals surface area contributed by atoms with Crippen LogP contribution in [0, 0.1) is 0 Å². The Morgan fingerprint density at radius 3 is 2.79 bits per heavy atom. The fraction of sp³-hybridized carbons (Fsp3) is 0.333. The number of nitrogens with zero attached hydrogens (tertiary/aromatic N) is 1. The van der Waals surface area contributed by atoms with Gasteiger partial charge in [-0.3, -0.25) is 10.1 Å². The van der Waals surface area contributed by atoms with Crippen LogP contribution in [-0.2, 0) is 19.3 Å². The molecule has 2 aromatic rings. The third-order valence-corrected chi connectivity index (χ3v) is 4.51. The molecule has 0 saturated heterocycles. The first kappa shape index (κ1) is 12.4. The lowest BCUT2D eigenvalue weighted by molar-refractivity contribution is 0.102. The summed E-state index contributed by atoms with van der Waals surface area (Å²) in [6.07, 6.45) is 4.34. The zero-order valence-corrected chi connectivity index (χ0v) is 11.7. The van der Waals surface area contributed by atoms with E-state index in [1.165, 1.54) is 22.6 Å². The topological polar surface area (TPSA) is 42.0 Å². The summed E-state index contributed by atoms with van der Waals surface area (Å²) in [5.41, 5.74) is 3.10. The van der Waals surface area contributed by atoms with Crippen LogP contribution in [-0.4, -0.2) is 10.9 Å². The molecule has 0 saturated carbocycles. The molecule has 1 amide bonds. The van der Waals surface area contributed by atoms with E-state index in [0.29, 0.717) is 5.56 Å². The molecule has 0 spiro atoms. The quantitative estimate of drug-likeness (QED) is 0.930. The second-order valence-corrected chi connectivity index (χ2v) is 5.83. The molecule has 1 heterocycles. The van der Waals surface area contributed by atoms with Gasteiger partial charge in [-0.2, -0.15) is 0 Å². The van der Waals surface area contributed by atoms with Crippen molar-refractivity contribution in [1.29, 1.82) is 0 Å². The number of hydrogen-bond acceptors (Lipinski definition) is 3. The number of rotatable bonds is 3. The number of carbonyl (C=O) groups is 1. The Hall–Kier alpha value is -1.68. The summed E-state index contributed by atoms with van der Waals surface area (Å²) in [7, 11) is 0. The largest absolute Gasteiger partial charge is 0.298 e. The molecule has 0 fully saturated rings. The Labute approximate surface area is 116 Å². The molecule has 98 valence electrons. The van der Waals surface area contributed by atoms with Gasteiger partial charge in [0.2, 0.25) is 0 Å². The summed E-state index contributed by atoms with van der Waals surface area (Å²) < 4.78 is 0. The maximum Gasteiger partial charge on any atom is 0.257 e. The van der Waals surface area contributed by atoms with Crippen LogP contribution in [0.1, 0.15) is 39.8 Å². The molecule has 0 radical (unpaired) electrons. The number of aryl methyl sites for hydroxylation is 3. The highest BCUT2D eigenvalue weighted by Gasteiger charge is 2.18. The second kappa shape index (κ2) is 5.13. The molecule has 1 aromatic heterocycles. The van der Waals surface area contributed by atoms with Gasteiger partial charge < -0.3 is 0 Å². The predicted molar refractivity (Wildman–Crippen MR) is 77.9 cm³/mol. The van der Waals surface area contributed by atoms with Crippen LogP contribution in [0.25, 0.3) is 0 Å². The lowest BCUT2D eigenvalue weighted by Gasteiger charge is -2.03. The van der Waals surface area contributed by atoms with Crippen LogP contribution < -0.4 is 5.32 Å². The van der Waals surface area contributed by atoms with Gasteiger partial charge in [-0.15, -0.1) is 11.3 Å². The van der Waals surface area contributed by atoms with Crippen LogP contribution in [0.5, 0.6) is 0 Å². The number of fused-ring (bicyclic) bond motifs is 1. The van der Waals surface area contributed by atoms with E-state index in [2.05, 4.69) is 17.2 Å². The van der Waals surface area contributed by atoms with Crippen molar-refractivity contribution in [2.24, 2.45) is 0 Å². The van der Waals surface area contributed by atoms with Gasteiger partial charge in [0, 0.05) is 10.4 Å². The highest BCUT2D eigenvalue weighted by molar-refractivity contribution is 7.15. The molecule has 0 aliphatic heterocycles. The SMILES string of the molecule is CCc1ccc(C(=O)Nc2nc3c(s2)CCC3)cc1. The predicted octanol–water partition coefficient (Wildman–Crippen LogP) is 3.45. The lowest BCUT2D eigenvalue weighted by atomic mass is 10.1.